The number of carbonyl (C=O) groups is 1. The van der Waals surface area contributed by atoms with E-state index in [0.717, 1.165) is 24.2 Å². The first kappa shape index (κ1) is 10.2. The van der Waals surface area contributed by atoms with Gasteiger partial charge in [-0.15, -0.1) is 0 Å². The van der Waals surface area contributed by atoms with Crippen LogP contribution in [0.2, 0.25) is 0 Å². The summed E-state index contributed by atoms with van der Waals surface area (Å²) in [4.78, 5) is 13.6. The van der Waals surface area contributed by atoms with Crippen molar-refractivity contribution in [1.82, 2.24) is 0 Å². The number of rotatable bonds is 2. The fourth-order valence-electron chi connectivity index (χ4n) is 2.35. The van der Waals surface area contributed by atoms with Crippen LogP contribution in [0.3, 0.4) is 0 Å². The lowest BCUT2D eigenvalue weighted by molar-refractivity contribution is -0.117. The summed E-state index contributed by atoms with van der Waals surface area (Å²) in [6.07, 6.45) is 2.67. The van der Waals surface area contributed by atoms with E-state index in [9.17, 15) is 9.90 Å². The second-order valence-electron chi connectivity index (χ2n) is 4.32. The van der Waals surface area contributed by atoms with Crippen molar-refractivity contribution >= 4 is 22.6 Å². The monoisotopic (exact) mass is 231 g/mol. The molecule has 1 aliphatic rings. The smallest absolute Gasteiger partial charge is 0.231 e. The second kappa shape index (κ2) is 3.52. The van der Waals surface area contributed by atoms with E-state index in [1.807, 2.05) is 19.1 Å². The Bertz CT molecular complexity index is 600. The van der Waals surface area contributed by atoms with Crippen LogP contribution in [0.1, 0.15) is 18.9 Å². The average Bonchev–Trinajstić information content (AvgIpc) is 2.80. The molecule has 1 aromatic heterocycles. The highest BCUT2D eigenvalue weighted by Gasteiger charge is 2.27. The molecule has 1 N–H and O–H groups in total. The molecule has 3 rings (SSSR count). The van der Waals surface area contributed by atoms with Crippen LogP contribution >= 0.6 is 0 Å². The van der Waals surface area contributed by atoms with Crippen LogP contribution in [-0.2, 0) is 11.2 Å². The van der Waals surface area contributed by atoms with Crippen molar-refractivity contribution in [3.63, 3.8) is 0 Å². The normalized spacial score (nSPS) is 14.6. The molecule has 0 spiro atoms. The van der Waals surface area contributed by atoms with E-state index < -0.39 is 0 Å². The van der Waals surface area contributed by atoms with E-state index in [-0.39, 0.29) is 11.7 Å². The summed E-state index contributed by atoms with van der Waals surface area (Å²) >= 11 is 0. The molecule has 17 heavy (non-hydrogen) atoms. The molecule has 0 unspecified atom stereocenters. The quantitative estimate of drug-likeness (QED) is 0.863. The summed E-state index contributed by atoms with van der Waals surface area (Å²) in [5.41, 5.74) is 2.51. The Labute approximate surface area is 98.4 Å². The van der Waals surface area contributed by atoms with Crippen molar-refractivity contribution in [2.24, 2.45) is 0 Å². The van der Waals surface area contributed by atoms with Gasteiger partial charge in [-0.25, -0.2) is 0 Å². The molecule has 1 aliphatic heterocycles. The van der Waals surface area contributed by atoms with E-state index in [0.29, 0.717) is 17.4 Å². The van der Waals surface area contributed by atoms with E-state index in [1.54, 1.807) is 4.90 Å². The Kier molecular flexibility index (Phi) is 2.11. The molecule has 4 nitrogen and oxygen atoms in total. The Hall–Kier alpha value is -1.97. The number of carbonyl (C=O) groups excluding carboxylic acids is 1. The Morgan fingerprint density at radius 3 is 3.06 bits per heavy atom. The molecule has 0 saturated carbocycles. The first-order valence-corrected chi connectivity index (χ1v) is 5.74. The number of benzene rings is 1. The lowest BCUT2D eigenvalue weighted by Gasteiger charge is -2.16. The minimum Gasteiger partial charge on any atom is -0.504 e. The number of furan rings is 1. The van der Waals surface area contributed by atoms with Gasteiger partial charge in [0.1, 0.15) is 11.8 Å². The van der Waals surface area contributed by atoms with E-state index >= 15 is 0 Å². The summed E-state index contributed by atoms with van der Waals surface area (Å²) in [6, 6.07) is 3.68. The third kappa shape index (κ3) is 1.40. The Morgan fingerprint density at radius 1 is 1.47 bits per heavy atom. The minimum absolute atomic E-state index is 0.119. The highest BCUT2D eigenvalue weighted by atomic mass is 16.4. The number of nitrogens with zero attached hydrogens (tertiary/aromatic N) is 1. The maximum Gasteiger partial charge on any atom is 0.231 e. The number of hydrogen-bond acceptors (Lipinski definition) is 3. The molecule has 2 heterocycles. The molecule has 2 aromatic rings. The topological polar surface area (TPSA) is 53.7 Å². The maximum atomic E-state index is 11.8. The van der Waals surface area contributed by atoms with Gasteiger partial charge in [-0.05, 0) is 24.1 Å². The van der Waals surface area contributed by atoms with Gasteiger partial charge in [0.2, 0.25) is 5.91 Å². The van der Waals surface area contributed by atoms with Gasteiger partial charge in [-0.1, -0.05) is 6.92 Å². The highest BCUT2D eigenvalue weighted by Crippen LogP contribution is 2.37. The maximum absolute atomic E-state index is 11.8. The van der Waals surface area contributed by atoms with Crippen molar-refractivity contribution in [2.75, 3.05) is 11.4 Å². The molecule has 0 bridgehead atoms. The lowest BCUT2D eigenvalue weighted by atomic mass is 10.1. The first-order valence-electron chi connectivity index (χ1n) is 5.74. The van der Waals surface area contributed by atoms with Crippen molar-refractivity contribution in [2.45, 2.75) is 19.8 Å². The molecule has 4 heteroatoms. The zero-order valence-electron chi connectivity index (χ0n) is 9.56. The molecule has 0 fully saturated rings. The van der Waals surface area contributed by atoms with Crippen LogP contribution in [-0.4, -0.2) is 17.6 Å². The van der Waals surface area contributed by atoms with Crippen molar-refractivity contribution in [1.29, 1.82) is 0 Å². The molecular weight excluding hydrogens is 218 g/mol. The molecular formula is C13H13NO3. The van der Waals surface area contributed by atoms with Gasteiger partial charge >= 0.3 is 0 Å². The number of amides is 1. The summed E-state index contributed by atoms with van der Waals surface area (Å²) in [5.74, 6) is 0.243. The van der Waals surface area contributed by atoms with Crippen LogP contribution in [0.15, 0.2) is 22.8 Å². The summed E-state index contributed by atoms with van der Waals surface area (Å²) in [7, 11) is 0. The first-order chi connectivity index (χ1) is 8.20. The van der Waals surface area contributed by atoms with Gasteiger partial charge < -0.3 is 14.4 Å². The van der Waals surface area contributed by atoms with Crippen LogP contribution < -0.4 is 4.90 Å². The number of hydrogen-bond donors (Lipinski definition) is 1. The standard InChI is InChI=1S/C13H13NO3/c1-2-3-14-10-6-9-11(15)7-17-12(9)4-8(10)5-13(14)16/h4,6-7,15H,2-3,5H2,1H3. The SMILES string of the molecule is CCCN1C(=O)Cc2cc3occ(O)c3cc21. The van der Waals surface area contributed by atoms with Crippen LogP contribution in [0.25, 0.3) is 11.0 Å². The van der Waals surface area contributed by atoms with Crippen molar-refractivity contribution < 1.29 is 14.3 Å². The molecule has 0 aliphatic carbocycles. The van der Waals surface area contributed by atoms with Crippen molar-refractivity contribution in [3.8, 4) is 5.75 Å². The van der Waals surface area contributed by atoms with E-state index in [4.69, 9.17) is 4.42 Å². The third-order valence-corrected chi connectivity index (χ3v) is 3.14. The third-order valence-electron chi connectivity index (χ3n) is 3.14. The molecule has 1 amide bonds. The molecule has 0 atom stereocenters. The Balaban J connectivity index is 2.18. The number of aromatic hydroxyl groups is 1. The van der Waals surface area contributed by atoms with Gasteiger partial charge in [-0.2, -0.15) is 0 Å². The van der Waals surface area contributed by atoms with Gasteiger partial charge in [0.25, 0.3) is 0 Å². The molecule has 88 valence electrons. The van der Waals surface area contributed by atoms with Gasteiger partial charge in [0, 0.05) is 12.2 Å². The fourth-order valence-corrected chi connectivity index (χ4v) is 2.35. The Morgan fingerprint density at radius 2 is 2.29 bits per heavy atom. The predicted octanol–water partition coefficient (Wildman–Crippen LogP) is 2.44. The highest BCUT2D eigenvalue weighted by molar-refractivity contribution is 6.04. The minimum atomic E-state index is 0.119. The molecule has 1 aromatic carbocycles. The second-order valence-corrected chi connectivity index (χ2v) is 4.32. The van der Waals surface area contributed by atoms with Crippen LogP contribution in [0, 0.1) is 0 Å². The van der Waals surface area contributed by atoms with E-state index in [1.165, 1.54) is 6.26 Å². The number of fused-ring (bicyclic) bond motifs is 2. The van der Waals surface area contributed by atoms with Gasteiger partial charge in [-0.3, -0.25) is 4.79 Å². The van der Waals surface area contributed by atoms with Gasteiger partial charge in [0.15, 0.2) is 5.75 Å². The van der Waals surface area contributed by atoms with Gasteiger partial charge in [0.05, 0.1) is 11.8 Å². The van der Waals surface area contributed by atoms with E-state index in [2.05, 4.69) is 0 Å². The largest absolute Gasteiger partial charge is 0.504 e. The molecule has 0 radical (unpaired) electrons. The summed E-state index contributed by atoms with van der Waals surface area (Å²) in [5, 5.41) is 10.3. The van der Waals surface area contributed by atoms with Crippen molar-refractivity contribution in [3.05, 3.63) is 24.0 Å². The fraction of sp³-hybridized carbons (Fsp3) is 0.308. The average molecular weight is 231 g/mol. The predicted molar refractivity (Wildman–Crippen MR) is 64.2 cm³/mol. The zero-order valence-corrected chi connectivity index (χ0v) is 9.56. The summed E-state index contributed by atoms with van der Waals surface area (Å²) < 4.78 is 5.22. The molecule has 0 saturated heterocycles. The van der Waals surface area contributed by atoms with Crippen LogP contribution in [0.5, 0.6) is 5.75 Å². The lowest BCUT2D eigenvalue weighted by Crippen LogP contribution is -2.27. The van der Waals surface area contributed by atoms with Crippen LogP contribution in [0.4, 0.5) is 5.69 Å². The zero-order chi connectivity index (χ0) is 12.0. The summed E-state index contributed by atoms with van der Waals surface area (Å²) in [6.45, 7) is 2.76. The number of anilines is 1.